The van der Waals surface area contributed by atoms with Gasteiger partial charge in [-0.1, -0.05) is 38.5 Å². The van der Waals surface area contributed by atoms with Crippen LogP contribution in [0.25, 0.3) is 0 Å². The van der Waals surface area contributed by atoms with Crippen molar-refractivity contribution in [1.29, 1.82) is 0 Å². The van der Waals surface area contributed by atoms with Crippen LogP contribution in [-0.2, 0) is 0 Å². The molecule has 4 rings (SSSR count). The van der Waals surface area contributed by atoms with Crippen molar-refractivity contribution in [2.24, 2.45) is 0 Å². The molecule has 32 heavy (non-hydrogen) atoms. The molecular weight excluding hydrogens is 396 g/mol. The summed E-state index contributed by atoms with van der Waals surface area (Å²) in [6.45, 7) is 2.69. The van der Waals surface area contributed by atoms with E-state index in [0.29, 0.717) is 0 Å². The van der Waals surface area contributed by atoms with Crippen LogP contribution in [0, 0.1) is 0 Å². The van der Waals surface area contributed by atoms with E-state index in [1.165, 1.54) is 112 Å². The summed E-state index contributed by atoms with van der Waals surface area (Å²) in [5, 5.41) is 20.1. The molecule has 4 fully saturated rings. The van der Waals surface area contributed by atoms with Gasteiger partial charge in [-0.15, -0.1) is 0 Å². The van der Waals surface area contributed by atoms with E-state index in [1.807, 2.05) is 0 Å². The number of quaternary nitrogens is 2. The van der Waals surface area contributed by atoms with Crippen molar-refractivity contribution in [2.75, 3.05) is 27.2 Å². The van der Waals surface area contributed by atoms with Gasteiger partial charge >= 0.3 is 0 Å². The lowest BCUT2D eigenvalue weighted by Crippen LogP contribution is -2.58. The van der Waals surface area contributed by atoms with Gasteiger partial charge in [-0.05, 0) is 25.7 Å². The lowest BCUT2D eigenvalue weighted by atomic mass is 9.96. The minimum atomic E-state index is -0.0164. The first-order valence-electron chi connectivity index (χ1n) is 14.5. The number of rotatable bonds is 13. The molecule has 0 radical (unpaired) electrons. The monoisotopic (exact) mass is 450 g/mol. The molecule has 0 spiro atoms. The van der Waals surface area contributed by atoms with Crippen molar-refractivity contribution >= 4 is 0 Å². The van der Waals surface area contributed by atoms with Crippen LogP contribution in [0.4, 0.5) is 0 Å². The van der Waals surface area contributed by atoms with E-state index in [1.54, 1.807) is 0 Å². The lowest BCUT2D eigenvalue weighted by Gasteiger charge is -2.46. The van der Waals surface area contributed by atoms with Crippen LogP contribution in [0.5, 0.6) is 0 Å². The number of aliphatic hydroxyl groups is 2. The van der Waals surface area contributed by atoms with Gasteiger partial charge in [0.1, 0.15) is 0 Å². The average molecular weight is 451 g/mol. The van der Waals surface area contributed by atoms with Crippen molar-refractivity contribution in [3.05, 3.63) is 0 Å². The largest absolute Gasteiger partial charge is 0.393 e. The molecule has 186 valence electrons. The highest BCUT2D eigenvalue weighted by Gasteiger charge is 2.51. The number of hydrogen-bond acceptors (Lipinski definition) is 2. The van der Waals surface area contributed by atoms with Crippen molar-refractivity contribution in [3.8, 4) is 0 Å². The summed E-state index contributed by atoms with van der Waals surface area (Å²) in [7, 11) is 4.96. The zero-order valence-electron chi connectivity index (χ0n) is 21.4. The van der Waals surface area contributed by atoms with E-state index in [4.69, 9.17) is 0 Å². The minimum absolute atomic E-state index is 0.0164. The van der Waals surface area contributed by atoms with E-state index in [9.17, 15) is 10.2 Å². The molecule has 2 N–H and O–H groups in total. The molecule has 4 aliphatic heterocycles. The Kier molecular flexibility index (Phi) is 8.62. The second-order valence-electron chi connectivity index (χ2n) is 12.7. The lowest BCUT2D eigenvalue weighted by molar-refractivity contribution is -0.949. The fraction of sp³-hybridized carbons (Fsp3) is 1.00. The van der Waals surface area contributed by atoms with Crippen molar-refractivity contribution < 1.29 is 19.2 Å². The molecule has 0 aromatic heterocycles. The number of hydrogen-bond donors (Lipinski definition) is 2. The smallest absolute Gasteiger partial charge is 0.0917 e. The Bertz CT molecular complexity index is 504. The Morgan fingerprint density at radius 3 is 1.00 bits per heavy atom. The Morgan fingerprint density at radius 2 is 0.719 bits per heavy atom. The van der Waals surface area contributed by atoms with Crippen molar-refractivity contribution in [3.63, 3.8) is 0 Å². The Morgan fingerprint density at radius 1 is 0.469 bits per heavy atom. The predicted octanol–water partition coefficient (Wildman–Crippen LogP) is 5.15. The molecule has 0 aromatic rings. The summed E-state index contributed by atoms with van der Waals surface area (Å²) in [6.07, 6.45) is 23.7. The maximum absolute atomic E-state index is 10.1. The third-order valence-electron chi connectivity index (χ3n) is 10.7. The van der Waals surface area contributed by atoms with E-state index in [-0.39, 0.29) is 12.2 Å². The first-order valence-corrected chi connectivity index (χ1v) is 14.5. The van der Waals surface area contributed by atoms with Crippen LogP contribution in [0.15, 0.2) is 0 Å². The van der Waals surface area contributed by atoms with Gasteiger partial charge in [0, 0.05) is 51.4 Å². The second-order valence-corrected chi connectivity index (χ2v) is 12.7. The van der Waals surface area contributed by atoms with Gasteiger partial charge in [0.2, 0.25) is 0 Å². The molecule has 4 nitrogen and oxygen atoms in total. The minimum Gasteiger partial charge on any atom is -0.393 e. The van der Waals surface area contributed by atoms with E-state index in [0.717, 1.165) is 49.9 Å². The van der Waals surface area contributed by atoms with Crippen LogP contribution in [-0.4, -0.2) is 82.7 Å². The predicted molar refractivity (Wildman–Crippen MR) is 132 cm³/mol. The molecule has 0 saturated carbocycles. The average Bonchev–Trinajstić information content (AvgIpc) is 3.02. The maximum atomic E-state index is 10.1. The molecule has 8 atom stereocenters. The summed E-state index contributed by atoms with van der Waals surface area (Å²) in [5.74, 6) is 0. The topological polar surface area (TPSA) is 40.5 Å². The first-order chi connectivity index (χ1) is 15.4. The summed E-state index contributed by atoms with van der Waals surface area (Å²) >= 11 is 0. The molecule has 0 amide bonds. The molecule has 4 unspecified atom stereocenters. The molecule has 4 heterocycles. The Hall–Kier alpha value is -0.160. The standard InChI is InChI=1S/C28H54N2O2/c1-29(23-13-14-24(29)20-27(31)19-23)17-11-9-7-5-3-4-6-8-10-12-18-30(2)25-15-16-26(30)22-28(32)21-25/h23-28,31-32H,3-22H2,1-2H3/q+2/t23-,24+,25-,26+,27?,28?,29?,30?. The molecule has 4 heteroatoms. The highest BCUT2D eigenvalue weighted by atomic mass is 16.3. The van der Waals surface area contributed by atoms with Gasteiger partial charge in [-0.3, -0.25) is 0 Å². The van der Waals surface area contributed by atoms with Gasteiger partial charge in [0.05, 0.1) is 63.6 Å². The van der Waals surface area contributed by atoms with Crippen LogP contribution in [0.1, 0.15) is 116 Å². The summed E-state index contributed by atoms with van der Waals surface area (Å²) in [5.41, 5.74) is 0. The van der Waals surface area contributed by atoms with E-state index in [2.05, 4.69) is 14.1 Å². The maximum Gasteiger partial charge on any atom is 0.0917 e. The Labute approximate surface area is 198 Å². The zero-order valence-corrected chi connectivity index (χ0v) is 21.4. The third kappa shape index (κ3) is 5.56. The van der Waals surface area contributed by atoms with Crippen LogP contribution in [0.2, 0.25) is 0 Å². The van der Waals surface area contributed by atoms with Crippen LogP contribution < -0.4 is 0 Å². The molecule has 0 aromatic carbocycles. The van der Waals surface area contributed by atoms with E-state index < -0.39 is 0 Å². The summed E-state index contributed by atoms with van der Waals surface area (Å²) in [6, 6.07) is 2.96. The van der Waals surface area contributed by atoms with Crippen molar-refractivity contribution in [2.45, 2.75) is 152 Å². The highest BCUT2D eigenvalue weighted by Crippen LogP contribution is 2.42. The second kappa shape index (κ2) is 11.1. The third-order valence-corrected chi connectivity index (χ3v) is 10.7. The van der Waals surface area contributed by atoms with Crippen LogP contribution in [0.3, 0.4) is 0 Å². The van der Waals surface area contributed by atoms with Crippen molar-refractivity contribution in [1.82, 2.24) is 0 Å². The number of fused-ring (bicyclic) bond motifs is 4. The van der Waals surface area contributed by atoms with Gasteiger partial charge in [0.15, 0.2) is 0 Å². The van der Waals surface area contributed by atoms with Gasteiger partial charge in [-0.2, -0.15) is 0 Å². The number of unbranched alkanes of at least 4 members (excludes halogenated alkanes) is 9. The number of piperidine rings is 2. The molecule has 0 aliphatic carbocycles. The Balaban J connectivity index is 0.973. The number of nitrogens with zero attached hydrogens (tertiary/aromatic N) is 2. The van der Waals surface area contributed by atoms with Gasteiger partial charge < -0.3 is 19.2 Å². The summed E-state index contributed by atoms with van der Waals surface area (Å²) in [4.78, 5) is 0. The van der Waals surface area contributed by atoms with Gasteiger partial charge in [0.25, 0.3) is 0 Å². The fourth-order valence-electron chi connectivity index (χ4n) is 8.48. The molecular formula is C28H54N2O2+2. The SMILES string of the molecule is C[N+]1(CCCCCCCCCCCC[N+]2(C)[C@@H]3CC[C@H]2CC(O)C3)[C@@H]2CC[C@H]1CC(O)C2. The van der Waals surface area contributed by atoms with Gasteiger partial charge in [-0.25, -0.2) is 0 Å². The first kappa shape index (κ1) is 24.9. The number of aliphatic hydroxyl groups excluding tert-OH is 2. The summed E-state index contributed by atoms with van der Waals surface area (Å²) < 4.78 is 2.55. The molecule has 4 bridgehead atoms. The van der Waals surface area contributed by atoms with Crippen LogP contribution >= 0.6 is 0 Å². The molecule has 4 saturated heterocycles. The normalized spacial score (nSPS) is 43.1. The zero-order chi connectivity index (χ0) is 22.6. The fourth-order valence-corrected chi connectivity index (χ4v) is 8.48. The quantitative estimate of drug-likeness (QED) is 0.301. The molecule has 4 aliphatic rings. The highest BCUT2D eigenvalue weighted by molar-refractivity contribution is 4.86. The van der Waals surface area contributed by atoms with E-state index >= 15 is 0 Å².